The van der Waals surface area contributed by atoms with E-state index in [4.69, 9.17) is 4.99 Å². The van der Waals surface area contributed by atoms with Crippen LogP contribution in [0.25, 0.3) is 0 Å². The lowest BCUT2D eigenvalue weighted by molar-refractivity contribution is -0.0928. The molecule has 9 heteroatoms. The average Bonchev–Trinajstić information content (AvgIpc) is 2.91. The van der Waals surface area contributed by atoms with Gasteiger partial charge in [0, 0.05) is 36.5 Å². The Balaban J connectivity index is 1.35. The van der Waals surface area contributed by atoms with Crippen LogP contribution in [-0.2, 0) is 6.54 Å². The number of alkyl halides is 3. The number of aliphatic imine (C=N–C) groups is 2. The van der Waals surface area contributed by atoms with Crippen LogP contribution >= 0.6 is 0 Å². The van der Waals surface area contributed by atoms with Crippen molar-refractivity contribution < 1.29 is 13.2 Å². The van der Waals surface area contributed by atoms with Crippen molar-refractivity contribution >= 4 is 11.5 Å². The molecule has 3 aliphatic heterocycles. The molecule has 0 amide bonds. The molecule has 3 N–H and O–H groups in total. The van der Waals surface area contributed by atoms with E-state index < -0.39 is 11.9 Å². The standard InChI is InChI=1S/C29H33F3N6/c1-17(2)20-6-4-5-7-21(20)28-36-24-16-33-13-12-22(24)27(38-28)35-15-19-9-10-23(34-14-19)26-18(3)8-11-25(37-26)29(30,31)32/h4-7,9-11,14,17-18,27,33,35H,8,12-13,15-16H2,1-3H3,(H,36,38). The van der Waals surface area contributed by atoms with Gasteiger partial charge in [-0.2, -0.15) is 13.2 Å². The minimum Gasteiger partial charge on any atom is -0.342 e. The first-order valence-electron chi connectivity index (χ1n) is 13.1. The fourth-order valence-corrected chi connectivity index (χ4v) is 5.10. The Bertz CT molecular complexity index is 1300. The van der Waals surface area contributed by atoms with Crippen LogP contribution in [0.3, 0.4) is 0 Å². The van der Waals surface area contributed by atoms with Crippen LogP contribution in [0, 0.1) is 5.92 Å². The van der Waals surface area contributed by atoms with E-state index in [0.29, 0.717) is 30.3 Å². The van der Waals surface area contributed by atoms with Crippen molar-refractivity contribution in [3.05, 3.63) is 88.0 Å². The molecule has 1 aromatic heterocycles. The quantitative estimate of drug-likeness (QED) is 0.488. The van der Waals surface area contributed by atoms with Crippen molar-refractivity contribution in [3.63, 3.8) is 0 Å². The third-order valence-corrected chi connectivity index (χ3v) is 7.21. The van der Waals surface area contributed by atoms with Crippen LogP contribution in [0.4, 0.5) is 13.2 Å². The summed E-state index contributed by atoms with van der Waals surface area (Å²) >= 11 is 0. The van der Waals surface area contributed by atoms with Crippen molar-refractivity contribution in [2.45, 2.75) is 58.4 Å². The van der Waals surface area contributed by atoms with Crippen molar-refractivity contribution in [1.82, 2.24) is 20.9 Å². The van der Waals surface area contributed by atoms with E-state index in [9.17, 15) is 13.2 Å². The summed E-state index contributed by atoms with van der Waals surface area (Å²) < 4.78 is 39.6. The molecule has 200 valence electrons. The van der Waals surface area contributed by atoms with E-state index in [1.807, 2.05) is 19.1 Å². The van der Waals surface area contributed by atoms with Gasteiger partial charge in [-0.3, -0.25) is 10.3 Å². The maximum Gasteiger partial charge on any atom is 0.433 e. The summed E-state index contributed by atoms with van der Waals surface area (Å²) in [5.41, 5.74) is 5.69. The first kappa shape index (κ1) is 26.3. The summed E-state index contributed by atoms with van der Waals surface area (Å²) in [6.45, 7) is 8.43. The molecular formula is C29H33F3N6. The monoisotopic (exact) mass is 522 g/mol. The molecule has 4 heterocycles. The molecule has 0 aliphatic carbocycles. The van der Waals surface area contributed by atoms with Gasteiger partial charge in [-0.15, -0.1) is 0 Å². The number of pyridine rings is 1. The molecule has 0 fully saturated rings. The predicted octanol–water partition coefficient (Wildman–Crippen LogP) is 5.19. The number of nitrogens with zero attached hydrogens (tertiary/aromatic N) is 3. The van der Waals surface area contributed by atoms with Gasteiger partial charge in [0.05, 0.1) is 11.4 Å². The largest absolute Gasteiger partial charge is 0.433 e. The van der Waals surface area contributed by atoms with Crippen LogP contribution in [-0.4, -0.2) is 42.0 Å². The van der Waals surface area contributed by atoms with Crippen molar-refractivity contribution in [2.75, 3.05) is 13.1 Å². The van der Waals surface area contributed by atoms with Crippen LogP contribution in [0.2, 0.25) is 0 Å². The highest BCUT2D eigenvalue weighted by molar-refractivity contribution is 6.02. The minimum atomic E-state index is -4.46. The third-order valence-electron chi connectivity index (χ3n) is 7.21. The van der Waals surface area contributed by atoms with Gasteiger partial charge in [-0.05, 0) is 48.1 Å². The summed E-state index contributed by atoms with van der Waals surface area (Å²) in [5, 5.41) is 10.6. The van der Waals surface area contributed by atoms with Crippen LogP contribution in [0.15, 0.2) is 75.6 Å². The van der Waals surface area contributed by atoms with E-state index in [1.165, 1.54) is 11.1 Å². The smallest absolute Gasteiger partial charge is 0.342 e. The molecule has 0 saturated carbocycles. The number of rotatable bonds is 6. The van der Waals surface area contributed by atoms with E-state index in [0.717, 1.165) is 48.2 Å². The van der Waals surface area contributed by atoms with Crippen LogP contribution in [0.5, 0.6) is 0 Å². The Kier molecular flexibility index (Phi) is 7.49. The van der Waals surface area contributed by atoms with Crippen molar-refractivity contribution in [3.8, 4) is 0 Å². The van der Waals surface area contributed by atoms with Gasteiger partial charge in [0.15, 0.2) is 0 Å². The molecule has 0 bridgehead atoms. The maximum atomic E-state index is 13.2. The van der Waals surface area contributed by atoms with Crippen molar-refractivity contribution in [1.29, 1.82) is 0 Å². The molecular weight excluding hydrogens is 489 g/mol. The number of hydrogen-bond acceptors (Lipinski definition) is 6. The Morgan fingerprint density at radius 3 is 2.68 bits per heavy atom. The third kappa shape index (κ3) is 5.59. The first-order valence-corrected chi connectivity index (χ1v) is 13.1. The fourth-order valence-electron chi connectivity index (χ4n) is 5.10. The number of hydrogen-bond donors (Lipinski definition) is 3. The van der Waals surface area contributed by atoms with Gasteiger partial charge in [-0.25, -0.2) is 9.98 Å². The second-order valence-electron chi connectivity index (χ2n) is 10.3. The number of halogens is 3. The molecule has 2 unspecified atom stereocenters. The second kappa shape index (κ2) is 10.8. The molecule has 6 nitrogen and oxygen atoms in total. The highest BCUT2D eigenvalue weighted by atomic mass is 19.4. The number of benzene rings is 1. The average molecular weight is 523 g/mol. The van der Waals surface area contributed by atoms with Crippen LogP contribution < -0.4 is 16.0 Å². The Morgan fingerprint density at radius 2 is 1.95 bits per heavy atom. The molecule has 38 heavy (non-hydrogen) atoms. The predicted molar refractivity (Wildman–Crippen MR) is 144 cm³/mol. The zero-order valence-corrected chi connectivity index (χ0v) is 21.9. The normalized spacial score (nSPS) is 21.9. The Labute approximate surface area is 221 Å². The molecule has 5 rings (SSSR count). The highest BCUT2D eigenvalue weighted by Gasteiger charge is 2.36. The molecule has 1 aromatic carbocycles. The van der Waals surface area contributed by atoms with Gasteiger partial charge in [0.25, 0.3) is 0 Å². The number of amidine groups is 1. The van der Waals surface area contributed by atoms with Crippen LogP contribution in [0.1, 0.15) is 61.9 Å². The molecule has 2 aromatic rings. The summed E-state index contributed by atoms with van der Waals surface area (Å²) in [6.07, 6.45) is -0.579. The lowest BCUT2D eigenvalue weighted by Gasteiger charge is -2.33. The molecule has 2 atom stereocenters. The Morgan fingerprint density at radius 1 is 1.13 bits per heavy atom. The zero-order chi connectivity index (χ0) is 26.9. The molecule has 3 aliphatic rings. The Hall–Kier alpha value is -3.30. The summed E-state index contributed by atoms with van der Waals surface area (Å²) in [5.74, 6) is 1.10. The first-order chi connectivity index (χ1) is 18.2. The van der Waals surface area contributed by atoms with E-state index in [2.05, 4.69) is 58.0 Å². The maximum absolute atomic E-state index is 13.2. The van der Waals surface area contributed by atoms with Gasteiger partial charge >= 0.3 is 6.18 Å². The van der Waals surface area contributed by atoms with E-state index in [-0.39, 0.29) is 12.1 Å². The molecule has 0 saturated heterocycles. The van der Waals surface area contributed by atoms with E-state index >= 15 is 0 Å². The summed E-state index contributed by atoms with van der Waals surface area (Å²) in [6, 6.07) is 12.0. The molecule has 0 spiro atoms. The van der Waals surface area contributed by atoms with Gasteiger partial charge in [0.1, 0.15) is 17.7 Å². The zero-order valence-electron chi connectivity index (χ0n) is 21.9. The lowest BCUT2D eigenvalue weighted by atomic mass is 9.94. The summed E-state index contributed by atoms with van der Waals surface area (Å²) in [7, 11) is 0. The van der Waals surface area contributed by atoms with Gasteiger partial charge < -0.3 is 10.6 Å². The van der Waals surface area contributed by atoms with E-state index in [1.54, 1.807) is 12.3 Å². The summed E-state index contributed by atoms with van der Waals surface area (Å²) in [4.78, 5) is 13.4. The fraction of sp³-hybridized carbons (Fsp3) is 0.414. The van der Waals surface area contributed by atoms with Gasteiger partial charge in [-0.1, -0.05) is 57.2 Å². The number of nitrogens with one attached hydrogen (secondary N) is 3. The topological polar surface area (TPSA) is 73.7 Å². The second-order valence-corrected chi connectivity index (χ2v) is 10.3. The minimum absolute atomic E-state index is 0.126. The number of allylic oxidation sites excluding steroid dienone is 2. The van der Waals surface area contributed by atoms with Gasteiger partial charge in [0.2, 0.25) is 0 Å². The lowest BCUT2D eigenvalue weighted by Crippen LogP contribution is -2.46. The molecule has 0 radical (unpaired) electrons. The SMILES string of the molecule is CC1CC=C(C(F)(F)F)N=C1c1ccc(CNC2N=C(c3ccccc3C(C)C)NC3=C2CCNC3)cn1. The number of aromatic nitrogens is 1. The van der Waals surface area contributed by atoms with Crippen molar-refractivity contribution in [2.24, 2.45) is 15.9 Å². The highest BCUT2D eigenvalue weighted by Crippen LogP contribution is 2.32.